The van der Waals surface area contributed by atoms with E-state index in [9.17, 15) is 19.2 Å². The molecule has 156 valence electrons. The van der Waals surface area contributed by atoms with Crippen molar-refractivity contribution in [3.8, 4) is 0 Å². The summed E-state index contributed by atoms with van der Waals surface area (Å²) in [6.07, 6.45) is 4.23. The van der Waals surface area contributed by atoms with E-state index in [4.69, 9.17) is 0 Å². The number of hydrogen-bond donors (Lipinski definition) is 1. The number of piperidine rings is 1. The van der Waals surface area contributed by atoms with Gasteiger partial charge in [-0.15, -0.1) is 0 Å². The van der Waals surface area contributed by atoms with Crippen LogP contribution in [0.2, 0.25) is 0 Å². The first kappa shape index (κ1) is 20.8. The Morgan fingerprint density at radius 3 is 2.45 bits per heavy atom. The van der Waals surface area contributed by atoms with Crippen molar-refractivity contribution in [2.24, 2.45) is 13.0 Å². The van der Waals surface area contributed by atoms with Gasteiger partial charge < -0.3 is 9.88 Å². The molecule has 2 aromatic rings. The van der Waals surface area contributed by atoms with E-state index in [1.54, 1.807) is 21.9 Å². The first-order chi connectivity index (χ1) is 13.6. The van der Waals surface area contributed by atoms with Crippen LogP contribution in [0.4, 0.5) is 0 Å². The highest BCUT2D eigenvalue weighted by Crippen LogP contribution is 2.21. The summed E-state index contributed by atoms with van der Waals surface area (Å²) >= 11 is 0. The van der Waals surface area contributed by atoms with Gasteiger partial charge in [-0.2, -0.15) is 0 Å². The molecule has 1 N–H and O–H groups in total. The second-order valence-electron chi connectivity index (χ2n) is 8.62. The standard InChI is InChI=1S/C20H27N5O4/c1-20(2,3)15-9-16(26)25(12-22-15)11-13-5-7-24(8-6-13)18(28)14-10-21-19(29)23(4)17(14)27/h9-10,12-13H,5-8,11H2,1-4H3,(H,21,29). The minimum absolute atomic E-state index is 0.0382. The first-order valence-electron chi connectivity index (χ1n) is 9.73. The Bertz CT molecular complexity index is 1080. The normalized spacial score (nSPS) is 15.5. The lowest BCUT2D eigenvalue weighted by molar-refractivity contribution is 0.0679. The minimum Gasteiger partial charge on any atom is -0.338 e. The highest BCUT2D eigenvalue weighted by Gasteiger charge is 2.26. The van der Waals surface area contributed by atoms with Crippen LogP contribution in [-0.4, -0.2) is 43.0 Å². The molecule has 9 heteroatoms. The van der Waals surface area contributed by atoms with E-state index in [1.165, 1.54) is 13.2 Å². The number of carbonyl (C=O) groups excluding carboxylic acids is 1. The molecule has 0 radical (unpaired) electrons. The van der Waals surface area contributed by atoms with Crippen LogP contribution in [0.5, 0.6) is 0 Å². The van der Waals surface area contributed by atoms with E-state index < -0.39 is 11.2 Å². The molecule has 2 aromatic heterocycles. The van der Waals surface area contributed by atoms with Gasteiger partial charge in [-0.25, -0.2) is 9.78 Å². The van der Waals surface area contributed by atoms with Crippen LogP contribution in [0, 0.1) is 5.92 Å². The Hall–Kier alpha value is -2.97. The molecular weight excluding hydrogens is 374 g/mol. The molecule has 0 atom stereocenters. The monoisotopic (exact) mass is 401 g/mol. The predicted octanol–water partition coefficient (Wildman–Crippen LogP) is 0.480. The maximum absolute atomic E-state index is 12.7. The zero-order valence-electron chi connectivity index (χ0n) is 17.3. The van der Waals surface area contributed by atoms with Crippen molar-refractivity contribution in [2.75, 3.05) is 13.1 Å². The van der Waals surface area contributed by atoms with Gasteiger partial charge in [0.2, 0.25) is 0 Å². The van der Waals surface area contributed by atoms with Crippen LogP contribution in [0.1, 0.15) is 49.7 Å². The third-order valence-electron chi connectivity index (χ3n) is 5.41. The third-order valence-corrected chi connectivity index (χ3v) is 5.41. The molecule has 3 rings (SSSR count). The Morgan fingerprint density at radius 1 is 1.21 bits per heavy atom. The van der Waals surface area contributed by atoms with Crippen molar-refractivity contribution in [3.05, 3.63) is 61.0 Å². The lowest BCUT2D eigenvalue weighted by atomic mass is 9.92. The summed E-state index contributed by atoms with van der Waals surface area (Å²) < 4.78 is 2.51. The highest BCUT2D eigenvalue weighted by molar-refractivity contribution is 5.93. The number of carbonyl (C=O) groups is 1. The number of hydrogen-bond acceptors (Lipinski definition) is 5. The molecular formula is C20H27N5O4. The fraction of sp³-hybridized carbons (Fsp3) is 0.550. The average Bonchev–Trinajstić information content (AvgIpc) is 2.67. The lowest BCUT2D eigenvalue weighted by Gasteiger charge is -2.32. The number of H-pyrrole nitrogens is 1. The van der Waals surface area contributed by atoms with E-state index >= 15 is 0 Å². The second-order valence-corrected chi connectivity index (χ2v) is 8.62. The van der Waals surface area contributed by atoms with E-state index in [0.29, 0.717) is 19.6 Å². The van der Waals surface area contributed by atoms with Crippen molar-refractivity contribution < 1.29 is 4.79 Å². The zero-order chi connectivity index (χ0) is 21.3. The molecule has 3 heterocycles. The largest absolute Gasteiger partial charge is 0.338 e. The molecule has 0 aromatic carbocycles. The van der Waals surface area contributed by atoms with Crippen molar-refractivity contribution in [1.82, 2.24) is 24.0 Å². The molecule has 1 aliphatic heterocycles. The number of nitrogens with one attached hydrogen (secondary N) is 1. The molecule has 0 aliphatic carbocycles. The quantitative estimate of drug-likeness (QED) is 0.804. The second kappa shape index (κ2) is 7.81. The Labute approximate surface area is 168 Å². The van der Waals surface area contributed by atoms with E-state index in [2.05, 4.69) is 9.97 Å². The molecule has 9 nitrogen and oxygen atoms in total. The van der Waals surface area contributed by atoms with Gasteiger partial charge in [0.15, 0.2) is 0 Å². The summed E-state index contributed by atoms with van der Waals surface area (Å²) in [6, 6.07) is 1.59. The van der Waals surface area contributed by atoms with Crippen molar-refractivity contribution in [2.45, 2.75) is 45.6 Å². The van der Waals surface area contributed by atoms with Gasteiger partial charge in [-0.3, -0.25) is 23.5 Å². The van der Waals surface area contributed by atoms with Crippen LogP contribution in [-0.2, 0) is 19.0 Å². The van der Waals surface area contributed by atoms with E-state index in [0.717, 1.165) is 23.1 Å². The van der Waals surface area contributed by atoms with Crippen LogP contribution in [0.3, 0.4) is 0 Å². The number of aromatic amines is 1. The summed E-state index contributed by atoms with van der Waals surface area (Å²) in [6.45, 7) is 7.59. The van der Waals surface area contributed by atoms with Gasteiger partial charge in [0, 0.05) is 44.4 Å². The topological polar surface area (TPSA) is 110 Å². The van der Waals surface area contributed by atoms with Crippen molar-refractivity contribution >= 4 is 5.91 Å². The van der Waals surface area contributed by atoms with Gasteiger partial charge in [0.1, 0.15) is 5.56 Å². The molecule has 1 saturated heterocycles. The fourth-order valence-corrected chi connectivity index (χ4v) is 3.46. The maximum Gasteiger partial charge on any atom is 0.328 e. The van der Waals surface area contributed by atoms with Crippen molar-refractivity contribution in [1.29, 1.82) is 0 Å². The Morgan fingerprint density at radius 2 is 1.86 bits per heavy atom. The van der Waals surface area contributed by atoms with Crippen LogP contribution < -0.4 is 16.8 Å². The van der Waals surface area contributed by atoms with Gasteiger partial charge in [0.05, 0.1) is 12.0 Å². The molecule has 0 spiro atoms. The maximum atomic E-state index is 12.7. The lowest BCUT2D eigenvalue weighted by Crippen LogP contribution is -2.44. The third kappa shape index (κ3) is 4.38. The SMILES string of the molecule is Cn1c(=O)[nH]cc(C(=O)N2CCC(Cn3cnc(C(C)(C)C)cc3=O)CC2)c1=O. The molecule has 1 amide bonds. The Balaban J connectivity index is 1.65. The zero-order valence-corrected chi connectivity index (χ0v) is 17.3. The van der Waals surface area contributed by atoms with Gasteiger partial charge in [-0.1, -0.05) is 20.8 Å². The number of aromatic nitrogens is 4. The number of amides is 1. The average molecular weight is 401 g/mol. The number of likely N-dealkylation sites (tertiary alicyclic amines) is 1. The van der Waals surface area contributed by atoms with Crippen LogP contribution in [0.15, 0.2) is 33.0 Å². The molecule has 29 heavy (non-hydrogen) atoms. The summed E-state index contributed by atoms with van der Waals surface area (Å²) in [5.41, 5.74) is -0.673. The summed E-state index contributed by atoms with van der Waals surface area (Å²) in [7, 11) is 1.33. The predicted molar refractivity (Wildman–Crippen MR) is 108 cm³/mol. The number of rotatable bonds is 3. The fourth-order valence-electron chi connectivity index (χ4n) is 3.46. The smallest absolute Gasteiger partial charge is 0.328 e. The molecule has 1 fully saturated rings. The minimum atomic E-state index is -0.600. The van der Waals surface area contributed by atoms with Gasteiger partial charge >= 0.3 is 5.69 Å². The molecule has 0 unspecified atom stereocenters. The highest BCUT2D eigenvalue weighted by atomic mass is 16.2. The first-order valence-corrected chi connectivity index (χ1v) is 9.73. The van der Waals surface area contributed by atoms with Gasteiger partial charge in [0.25, 0.3) is 17.0 Å². The van der Waals surface area contributed by atoms with E-state index in [-0.39, 0.29) is 28.4 Å². The molecule has 1 aliphatic rings. The van der Waals surface area contributed by atoms with Crippen molar-refractivity contribution in [3.63, 3.8) is 0 Å². The van der Waals surface area contributed by atoms with Gasteiger partial charge in [-0.05, 0) is 18.8 Å². The molecule has 0 bridgehead atoms. The summed E-state index contributed by atoms with van der Waals surface area (Å²) in [4.78, 5) is 57.1. The number of nitrogens with zero attached hydrogens (tertiary/aromatic N) is 4. The van der Waals surface area contributed by atoms with E-state index in [1.807, 2.05) is 20.8 Å². The summed E-state index contributed by atoms with van der Waals surface area (Å²) in [5, 5.41) is 0. The van der Waals surface area contributed by atoms with Crippen LogP contribution >= 0.6 is 0 Å². The summed E-state index contributed by atoms with van der Waals surface area (Å²) in [5.74, 6) is -0.133. The molecule has 0 saturated carbocycles. The Kier molecular flexibility index (Phi) is 5.59. The van der Waals surface area contributed by atoms with Crippen LogP contribution in [0.25, 0.3) is 0 Å².